The fourth-order valence-corrected chi connectivity index (χ4v) is 3.81. The van der Waals surface area contributed by atoms with Gasteiger partial charge in [0.05, 0.1) is 17.6 Å². The second kappa shape index (κ2) is 6.87. The molecule has 5 nitrogen and oxygen atoms in total. The second-order valence-electron chi connectivity index (χ2n) is 6.47. The van der Waals surface area contributed by atoms with Crippen molar-refractivity contribution in [1.82, 2.24) is 4.90 Å². The maximum Gasteiger partial charge on any atom is 0.232 e. The molecule has 0 aromatic heterocycles. The van der Waals surface area contributed by atoms with E-state index in [0.29, 0.717) is 6.54 Å². The van der Waals surface area contributed by atoms with Crippen LogP contribution in [0.3, 0.4) is 0 Å². The van der Waals surface area contributed by atoms with Crippen LogP contribution in [-0.2, 0) is 10.0 Å². The molecule has 124 valence electrons. The van der Waals surface area contributed by atoms with Crippen LogP contribution in [0.15, 0.2) is 24.3 Å². The fraction of sp³-hybridized carbons (Fsp3) is 0.625. The molecule has 1 fully saturated rings. The zero-order valence-electron chi connectivity index (χ0n) is 14.0. The van der Waals surface area contributed by atoms with Gasteiger partial charge < -0.3 is 9.80 Å². The molecule has 1 aliphatic rings. The highest BCUT2D eigenvalue weighted by atomic mass is 32.2. The molecule has 22 heavy (non-hydrogen) atoms. The van der Waals surface area contributed by atoms with E-state index in [-0.39, 0.29) is 5.92 Å². The first kappa shape index (κ1) is 17.1. The number of likely N-dealkylation sites (N-methyl/N-ethyl adjacent to an activating group) is 1. The third-order valence-corrected chi connectivity index (χ3v) is 5.07. The van der Waals surface area contributed by atoms with Gasteiger partial charge in [0, 0.05) is 32.7 Å². The molecule has 0 radical (unpaired) electrons. The van der Waals surface area contributed by atoms with E-state index in [1.807, 2.05) is 38.1 Å². The average molecular weight is 325 g/mol. The van der Waals surface area contributed by atoms with Crippen molar-refractivity contribution in [2.24, 2.45) is 5.92 Å². The zero-order valence-corrected chi connectivity index (χ0v) is 14.8. The van der Waals surface area contributed by atoms with Gasteiger partial charge in [0.2, 0.25) is 10.0 Å². The van der Waals surface area contributed by atoms with E-state index in [2.05, 4.69) is 16.8 Å². The summed E-state index contributed by atoms with van der Waals surface area (Å²) in [6.07, 6.45) is 1.29. The molecule has 6 heteroatoms. The molecule has 0 unspecified atom stereocenters. The van der Waals surface area contributed by atoms with Crippen LogP contribution >= 0.6 is 0 Å². The maximum atomic E-state index is 12.3. The molecule has 1 aromatic rings. The van der Waals surface area contributed by atoms with E-state index in [9.17, 15) is 8.42 Å². The van der Waals surface area contributed by atoms with Gasteiger partial charge in [0.15, 0.2) is 0 Å². The number of hydrogen-bond acceptors (Lipinski definition) is 4. The molecule has 0 N–H and O–H groups in total. The minimum absolute atomic E-state index is 0.273. The molecule has 1 aliphatic heterocycles. The van der Waals surface area contributed by atoms with Crippen molar-refractivity contribution in [1.29, 1.82) is 0 Å². The molecule has 1 heterocycles. The second-order valence-corrected chi connectivity index (χ2v) is 8.37. The van der Waals surface area contributed by atoms with Gasteiger partial charge >= 0.3 is 0 Å². The lowest BCUT2D eigenvalue weighted by Crippen LogP contribution is -2.45. The average Bonchev–Trinajstić information content (AvgIpc) is 2.44. The van der Waals surface area contributed by atoms with Crippen LogP contribution in [0.1, 0.15) is 13.8 Å². The first-order valence-electron chi connectivity index (χ1n) is 7.79. The van der Waals surface area contributed by atoms with Crippen molar-refractivity contribution >= 4 is 21.4 Å². The number of anilines is 2. The van der Waals surface area contributed by atoms with Crippen LogP contribution < -0.4 is 9.21 Å². The van der Waals surface area contributed by atoms with Crippen LogP contribution in [0.4, 0.5) is 11.4 Å². The number of para-hydroxylation sites is 2. The molecule has 2 rings (SSSR count). The minimum atomic E-state index is -3.29. The number of rotatable bonds is 5. The Morgan fingerprint density at radius 3 is 2.27 bits per heavy atom. The number of benzene rings is 1. The highest BCUT2D eigenvalue weighted by molar-refractivity contribution is 7.92. The monoisotopic (exact) mass is 325 g/mol. The summed E-state index contributed by atoms with van der Waals surface area (Å²) in [4.78, 5) is 4.58. The summed E-state index contributed by atoms with van der Waals surface area (Å²) in [5.41, 5.74) is 1.81. The van der Waals surface area contributed by atoms with Gasteiger partial charge in [0.25, 0.3) is 0 Å². The Morgan fingerprint density at radius 2 is 1.73 bits per heavy atom. The number of nitrogens with zero attached hydrogens (tertiary/aromatic N) is 3. The Kier molecular flexibility index (Phi) is 5.34. The number of piperazine rings is 1. The normalized spacial score (nSPS) is 17.0. The summed E-state index contributed by atoms with van der Waals surface area (Å²) in [5, 5.41) is 0. The SMILES string of the molecule is CC(C)CN(c1ccccc1N1CCN(C)CC1)S(C)(=O)=O. The highest BCUT2D eigenvalue weighted by Crippen LogP contribution is 2.32. The third-order valence-electron chi connectivity index (χ3n) is 3.93. The smallest absolute Gasteiger partial charge is 0.232 e. The van der Waals surface area contributed by atoms with Crippen LogP contribution in [0.25, 0.3) is 0 Å². The summed E-state index contributed by atoms with van der Waals surface area (Å²) in [5.74, 6) is 0.273. The molecule has 0 aliphatic carbocycles. The van der Waals surface area contributed by atoms with Crippen molar-refractivity contribution in [2.45, 2.75) is 13.8 Å². The van der Waals surface area contributed by atoms with E-state index in [4.69, 9.17) is 0 Å². The van der Waals surface area contributed by atoms with Gasteiger partial charge in [0.1, 0.15) is 0 Å². The summed E-state index contributed by atoms with van der Waals surface area (Å²) in [6.45, 7) is 8.42. The van der Waals surface area contributed by atoms with E-state index < -0.39 is 10.0 Å². The van der Waals surface area contributed by atoms with Crippen LogP contribution in [0, 0.1) is 5.92 Å². The molecular weight excluding hydrogens is 298 g/mol. The van der Waals surface area contributed by atoms with Gasteiger partial charge in [-0.05, 0) is 25.1 Å². The van der Waals surface area contributed by atoms with E-state index in [1.165, 1.54) is 6.26 Å². The van der Waals surface area contributed by atoms with E-state index in [0.717, 1.165) is 37.6 Å². The van der Waals surface area contributed by atoms with Crippen molar-refractivity contribution in [3.05, 3.63) is 24.3 Å². The van der Waals surface area contributed by atoms with Crippen LogP contribution in [-0.4, -0.2) is 59.3 Å². The molecule has 0 bridgehead atoms. The number of sulfonamides is 1. The Bertz CT molecular complexity index is 593. The molecule has 0 amide bonds. The minimum Gasteiger partial charge on any atom is -0.367 e. The number of hydrogen-bond donors (Lipinski definition) is 0. The molecule has 1 saturated heterocycles. The first-order valence-corrected chi connectivity index (χ1v) is 9.64. The summed E-state index contributed by atoms with van der Waals surface area (Å²) in [7, 11) is -1.17. The topological polar surface area (TPSA) is 43.9 Å². The Hall–Kier alpha value is -1.27. The molecular formula is C16H27N3O2S. The van der Waals surface area contributed by atoms with Gasteiger partial charge in [-0.25, -0.2) is 8.42 Å². The predicted octanol–water partition coefficient (Wildman–Crippen LogP) is 1.86. The van der Waals surface area contributed by atoms with Crippen LogP contribution in [0.2, 0.25) is 0 Å². The van der Waals surface area contributed by atoms with E-state index >= 15 is 0 Å². The molecule has 0 atom stereocenters. The van der Waals surface area contributed by atoms with Gasteiger partial charge in [-0.3, -0.25) is 4.31 Å². The Labute approximate surface area is 134 Å². The quantitative estimate of drug-likeness (QED) is 0.829. The Morgan fingerprint density at radius 1 is 1.14 bits per heavy atom. The lowest BCUT2D eigenvalue weighted by molar-refractivity contribution is 0.313. The Balaban J connectivity index is 2.37. The summed E-state index contributed by atoms with van der Waals surface area (Å²) < 4.78 is 26.1. The molecule has 1 aromatic carbocycles. The predicted molar refractivity (Wildman–Crippen MR) is 93.2 cm³/mol. The largest absolute Gasteiger partial charge is 0.367 e. The first-order chi connectivity index (χ1) is 10.3. The van der Waals surface area contributed by atoms with Crippen LogP contribution in [0.5, 0.6) is 0 Å². The zero-order chi connectivity index (χ0) is 16.3. The lowest BCUT2D eigenvalue weighted by atomic mass is 10.2. The standard InChI is InChI=1S/C16H27N3O2S/c1-14(2)13-19(22(4,20)21)16-8-6-5-7-15(16)18-11-9-17(3)10-12-18/h5-8,14H,9-13H2,1-4H3. The van der Waals surface area contributed by atoms with Crippen molar-refractivity contribution < 1.29 is 8.42 Å². The lowest BCUT2D eigenvalue weighted by Gasteiger charge is -2.37. The van der Waals surface area contributed by atoms with E-state index in [1.54, 1.807) is 4.31 Å². The van der Waals surface area contributed by atoms with Crippen molar-refractivity contribution in [3.8, 4) is 0 Å². The molecule has 0 spiro atoms. The van der Waals surface area contributed by atoms with Gasteiger partial charge in [-0.15, -0.1) is 0 Å². The summed E-state index contributed by atoms with van der Waals surface area (Å²) >= 11 is 0. The molecule has 0 saturated carbocycles. The highest BCUT2D eigenvalue weighted by Gasteiger charge is 2.24. The van der Waals surface area contributed by atoms with Gasteiger partial charge in [-0.2, -0.15) is 0 Å². The third kappa shape index (κ3) is 4.14. The summed E-state index contributed by atoms with van der Waals surface area (Å²) in [6, 6.07) is 7.83. The fourth-order valence-electron chi connectivity index (χ4n) is 2.73. The maximum absolute atomic E-state index is 12.3. The van der Waals surface area contributed by atoms with Crippen molar-refractivity contribution in [2.75, 3.05) is 55.2 Å². The van der Waals surface area contributed by atoms with Gasteiger partial charge in [-0.1, -0.05) is 26.0 Å². The van der Waals surface area contributed by atoms with Crippen molar-refractivity contribution in [3.63, 3.8) is 0 Å².